The van der Waals surface area contributed by atoms with Crippen molar-refractivity contribution in [1.29, 1.82) is 0 Å². The molecule has 0 aromatic heterocycles. The Hall–Kier alpha value is -1.06. The minimum atomic E-state index is -0.753. The van der Waals surface area contributed by atoms with Crippen molar-refractivity contribution in [2.24, 2.45) is 17.8 Å². The van der Waals surface area contributed by atoms with E-state index in [4.69, 9.17) is 5.11 Å². The molecule has 1 aliphatic rings. The lowest BCUT2D eigenvalue weighted by molar-refractivity contribution is -0.144. The Bertz CT molecular complexity index is 317. The molecule has 0 aromatic carbocycles. The van der Waals surface area contributed by atoms with Crippen LogP contribution in [0.25, 0.3) is 0 Å². The summed E-state index contributed by atoms with van der Waals surface area (Å²) in [5.74, 6) is -0.573. The highest BCUT2D eigenvalue weighted by molar-refractivity contribution is 5.80. The van der Waals surface area contributed by atoms with Gasteiger partial charge < -0.3 is 10.4 Å². The summed E-state index contributed by atoms with van der Waals surface area (Å²) < 4.78 is 0. The monoisotopic (exact) mass is 283 g/mol. The van der Waals surface area contributed by atoms with E-state index in [9.17, 15) is 9.59 Å². The molecule has 0 bridgehead atoms. The van der Waals surface area contributed by atoms with Crippen molar-refractivity contribution in [3.63, 3.8) is 0 Å². The topological polar surface area (TPSA) is 66.4 Å². The van der Waals surface area contributed by atoms with Gasteiger partial charge in [-0.3, -0.25) is 9.59 Å². The molecule has 116 valence electrons. The van der Waals surface area contributed by atoms with Gasteiger partial charge in [0, 0.05) is 12.5 Å². The summed E-state index contributed by atoms with van der Waals surface area (Å²) in [5, 5.41) is 12.1. The van der Waals surface area contributed by atoms with E-state index in [-0.39, 0.29) is 17.7 Å². The molecular formula is C16H29NO3. The molecule has 0 spiro atoms. The molecule has 0 radical (unpaired) electrons. The van der Waals surface area contributed by atoms with Crippen LogP contribution in [0, 0.1) is 17.8 Å². The Morgan fingerprint density at radius 3 is 2.55 bits per heavy atom. The second kappa shape index (κ2) is 8.98. The summed E-state index contributed by atoms with van der Waals surface area (Å²) >= 11 is 0. The van der Waals surface area contributed by atoms with Crippen LogP contribution in [0.1, 0.15) is 65.2 Å². The molecule has 3 unspecified atom stereocenters. The predicted molar refractivity (Wildman–Crippen MR) is 79.4 cm³/mol. The lowest BCUT2D eigenvalue weighted by Crippen LogP contribution is -2.37. The number of aliphatic carboxylic acids is 1. The van der Waals surface area contributed by atoms with Crippen LogP contribution in [0.3, 0.4) is 0 Å². The predicted octanol–water partition coefficient (Wildman–Crippen LogP) is 3.21. The van der Waals surface area contributed by atoms with Gasteiger partial charge in [-0.25, -0.2) is 0 Å². The van der Waals surface area contributed by atoms with E-state index in [2.05, 4.69) is 19.2 Å². The summed E-state index contributed by atoms with van der Waals surface area (Å²) in [4.78, 5) is 23.2. The number of hydrogen-bond acceptors (Lipinski definition) is 2. The Morgan fingerprint density at radius 2 is 1.95 bits per heavy atom. The Morgan fingerprint density at radius 1 is 1.25 bits per heavy atom. The van der Waals surface area contributed by atoms with E-state index in [1.807, 2.05) is 0 Å². The van der Waals surface area contributed by atoms with Crippen molar-refractivity contribution in [3.8, 4) is 0 Å². The molecule has 0 saturated heterocycles. The van der Waals surface area contributed by atoms with Gasteiger partial charge in [-0.2, -0.15) is 0 Å². The summed E-state index contributed by atoms with van der Waals surface area (Å²) in [5.41, 5.74) is 0. The van der Waals surface area contributed by atoms with Crippen LogP contribution in [0.2, 0.25) is 0 Å². The number of carboxylic acids is 1. The fraction of sp³-hybridized carbons (Fsp3) is 0.875. The van der Waals surface area contributed by atoms with Crippen LogP contribution in [-0.2, 0) is 9.59 Å². The second-order valence-electron chi connectivity index (χ2n) is 6.06. The van der Waals surface area contributed by atoms with E-state index in [1.165, 1.54) is 12.8 Å². The molecule has 4 nitrogen and oxygen atoms in total. The van der Waals surface area contributed by atoms with Crippen molar-refractivity contribution in [1.82, 2.24) is 5.32 Å². The highest BCUT2D eigenvalue weighted by Gasteiger charge is 2.30. The van der Waals surface area contributed by atoms with Gasteiger partial charge in [0.2, 0.25) is 5.91 Å². The Balaban J connectivity index is 2.35. The van der Waals surface area contributed by atoms with E-state index in [1.54, 1.807) is 0 Å². The maximum absolute atomic E-state index is 12.2. The van der Waals surface area contributed by atoms with E-state index in [0.717, 1.165) is 32.2 Å². The fourth-order valence-corrected chi connectivity index (χ4v) is 2.98. The maximum atomic E-state index is 12.2. The van der Waals surface area contributed by atoms with Gasteiger partial charge in [-0.1, -0.05) is 39.5 Å². The molecule has 4 heteroatoms. The van der Waals surface area contributed by atoms with E-state index in [0.29, 0.717) is 18.8 Å². The molecule has 3 atom stereocenters. The molecule has 0 heterocycles. The molecule has 1 rings (SSSR count). The SMILES string of the molecule is CCCCC(CC)CNC(=O)C1CCCC(C(=O)O)C1. The van der Waals surface area contributed by atoms with Gasteiger partial charge in [0.15, 0.2) is 0 Å². The highest BCUT2D eigenvalue weighted by Crippen LogP contribution is 2.29. The number of hydrogen-bond donors (Lipinski definition) is 2. The Kier molecular flexibility index (Phi) is 7.63. The quantitative estimate of drug-likeness (QED) is 0.719. The maximum Gasteiger partial charge on any atom is 0.306 e. The first kappa shape index (κ1) is 17.0. The second-order valence-corrected chi connectivity index (χ2v) is 6.06. The zero-order valence-corrected chi connectivity index (χ0v) is 12.9. The number of carbonyl (C=O) groups excluding carboxylic acids is 1. The smallest absolute Gasteiger partial charge is 0.306 e. The van der Waals surface area contributed by atoms with Gasteiger partial charge in [0.25, 0.3) is 0 Å². The lowest BCUT2D eigenvalue weighted by Gasteiger charge is -2.26. The number of rotatable bonds is 8. The zero-order valence-electron chi connectivity index (χ0n) is 12.9. The van der Waals surface area contributed by atoms with Crippen LogP contribution in [0.4, 0.5) is 0 Å². The van der Waals surface area contributed by atoms with Crippen molar-refractivity contribution in [3.05, 3.63) is 0 Å². The number of carbonyl (C=O) groups is 2. The third kappa shape index (κ3) is 5.51. The molecule has 2 N–H and O–H groups in total. The number of nitrogens with one attached hydrogen (secondary N) is 1. The van der Waals surface area contributed by atoms with Crippen LogP contribution in [-0.4, -0.2) is 23.5 Å². The third-order valence-electron chi connectivity index (χ3n) is 4.50. The number of unbranched alkanes of at least 4 members (excludes halogenated alkanes) is 1. The van der Waals surface area contributed by atoms with Gasteiger partial charge in [0.05, 0.1) is 5.92 Å². The average Bonchev–Trinajstić information content (AvgIpc) is 2.47. The van der Waals surface area contributed by atoms with Crippen molar-refractivity contribution < 1.29 is 14.7 Å². The van der Waals surface area contributed by atoms with Crippen molar-refractivity contribution in [2.75, 3.05) is 6.54 Å². The molecule has 20 heavy (non-hydrogen) atoms. The van der Waals surface area contributed by atoms with Gasteiger partial charge in [-0.15, -0.1) is 0 Å². The standard InChI is InChI=1S/C16H29NO3/c1-3-5-7-12(4-2)11-17-15(18)13-8-6-9-14(10-13)16(19)20/h12-14H,3-11H2,1-2H3,(H,17,18)(H,19,20). The average molecular weight is 283 g/mol. The van der Waals surface area contributed by atoms with Crippen molar-refractivity contribution >= 4 is 11.9 Å². The van der Waals surface area contributed by atoms with Crippen LogP contribution >= 0.6 is 0 Å². The van der Waals surface area contributed by atoms with Crippen LogP contribution < -0.4 is 5.32 Å². The summed E-state index contributed by atoms with van der Waals surface area (Å²) in [6, 6.07) is 0. The summed E-state index contributed by atoms with van der Waals surface area (Å²) in [6.07, 6.45) is 7.55. The third-order valence-corrected chi connectivity index (χ3v) is 4.50. The summed E-state index contributed by atoms with van der Waals surface area (Å²) in [7, 11) is 0. The first-order chi connectivity index (χ1) is 9.58. The molecule has 0 aliphatic heterocycles. The fourth-order valence-electron chi connectivity index (χ4n) is 2.98. The largest absolute Gasteiger partial charge is 0.481 e. The minimum Gasteiger partial charge on any atom is -0.481 e. The first-order valence-corrected chi connectivity index (χ1v) is 8.08. The molecule has 1 amide bonds. The lowest BCUT2D eigenvalue weighted by atomic mass is 9.81. The molecule has 0 aromatic rings. The highest BCUT2D eigenvalue weighted by atomic mass is 16.4. The van der Waals surface area contributed by atoms with Crippen LogP contribution in [0.15, 0.2) is 0 Å². The minimum absolute atomic E-state index is 0.0610. The van der Waals surface area contributed by atoms with Gasteiger partial charge in [-0.05, 0) is 31.6 Å². The number of carboxylic acid groups (broad SMARTS) is 1. The van der Waals surface area contributed by atoms with E-state index >= 15 is 0 Å². The number of amides is 1. The molecular weight excluding hydrogens is 254 g/mol. The Labute approximate surface area is 122 Å². The van der Waals surface area contributed by atoms with Gasteiger partial charge in [0.1, 0.15) is 0 Å². The molecule has 1 aliphatic carbocycles. The van der Waals surface area contributed by atoms with Gasteiger partial charge >= 0.3 is 5.97 Å². The normalized spacial score (nSPS) is 24.1. The van der Waals surface area contributed by atoms with Crippen molar-refractivity contribution in [2.45, 2.75) is 65.2 Å². The first-order valence-electron chi connectivity index (χ1n) is 8.08. The van der Waals surface area contributed by atoms with Crippen LogP contribution in [0.5, 0.6) is 0 Å². The summed E-state index contributed by atoms with van der Waals surface area (Å²) in [6.45, 7) is 5.08. The molecule has 1 saturated carbocycles. The molecule has 1 fully saturated rings. The van der Waals surface area contributed by atoms with E-state index < -0.39 is 5.97 Å². The zero-order chi connectivity index (χ0) is 15.0.